The molecule has 1 aromatic carbocycles. The van der Waals surface area contributed by atoms with Crippen LogP contribution in [0, 0.1) is 6.92 Å². The normalized spacial score (nSPS) is 14.5. The second-order valence-corrected chi connectivity index (χ2v) is 9.88. The van der Waals surface area contributed by atoms with E-state index in [0.29, 0.717) is 29.5 Å². The van der Waals surface area contributed by atoms with Crippen molar-refractivity contribution in [3.8, 4) is 5.75 Å². The molecule has 2 heterocycles. The number of thiophene rings is 1. The van der Waals surface area contributed by atoms with Gasteiger partial charge in [-0.05, 0) is 42.8 Å². The van der Waals surface area contributed by atoms with E-state index in [1.54, 1.807) is 19.1 Å². The first-order valence-corrected chi connectivity index (χ1v) is 11.8. The molecule has 0 atom stereocenters. The number of methoxy groups -OCH3 is 1. The summed E-state index contributed by atoms with van der Waals surface area (Å²) in [6.45, 7) is 2.05. The van der Waals surface area contributed by atoms with Gasteiger partial charge in [-0.15, -0.1) is 11.3 Å². The molecule has 8 nitrogen and oxygen atoms in total. The lowest BCUT2D eigenvalue weighted by molar-refractivity contribution is -0.119. The smallest absolute Gasteiger partial charge is 0.350 e. The third-order valence-corrected chi connectivity index (χ3v) is 7.96. The molecule has 1 saturated heterocycles. The van der Waals surface area contributed by atoms with Gasteiger partial charge in [0.05, 0.1) is 12.8 Å². The van der Waals surface area contributed by atoms with Gasteiger partial charge in [0.25, 0.3) is 5.91 Å². The van der Waals surface area contributed by atoms with E-state index in [-0.39, 0.29) is 9.77 Å². The molecule has 1 amide bonds. The standard InChI is InChI=1S/C19H21ClN2O6S2/c1-12-9-14(15(27-2)10-13(12)20)21-17(23)11-28-19(24)18-16(5-8-29-18)30(25,26)22-6-3-4-7-22/h5,8-10H,3-4,6-7,11H2,1-2H3,(H,21,23). The number of amides is 1. The summed E-state index contributed by atoms with van der Waals surface area (Å²) in [5, 5.41) is 4.60. The average molecular weight is 473 g/mol. The fourth-order valence-corrected chi connectivity index (χ4v) is 5.98. The zero-order valence-corrected chi connectivity index (χ0v) is 18.8. The average Bonchev–Trinajstić information content (AvgIpc) is 3.41. The lowest BCUT2D eigenvalue weighted by atomic mass is 10.2. The maximum absolute atomic E-state index is 12.8. The number of ether oxygens (including phenoxy) is 2. The molecule has 11 heteroatoms. The Morgan fingerprint density at radius 1 is 1.27 bits per heavy atom. The van der Waals surface area contributed by atoms with Crippen molar-refractivity contribution >= 4 is 50.5 Å². The Bertz CT molecular complexity index is 1060. The number of carbonyl (C=O) groups is 2. The van der Waals surface area contributed by atoms with E-state index < -0.39 is 28.5 Å². The van der Waals surface area contributed by atoms with Gasteiger partial charge in [0.2, 0.25) is 10.0 Å². The summed E-state index contributed by atoms with van der Waals surface area (Å²) in [5.74, 6) is -1.09. The molecule has 1 aliphatic rings. The molecule has 1 N–H and O–H groups in total. The number of rotatable bonds is 7. The van der Waals surface area contributed by atoms with Crippen LogP contribution in [0.5, 0.6) is 5.75 Å². The van der Waals surface area contributed by atoms with Crippen LogP contribution in [-0.4, -0.2) is 51.4 Å². The molecule has 0 radical (unpaired) electrons. The molecule has 1 fully saturated rings. The maximum atomic E-state index is 12.8. The minimum atomic E-state index is -3.76. The van der Waals surface area contributed by atoms with E-state index in [9.17, 15) is 18.0 Å². The fourth-order valence-electron chi connectivity index (χ4n) is 3.03. The van der Waals surface area contributed by atoms with Gasteiger partial charge >= 0.3 is 5.97 Å². The van der Waals surface area contributed by atoms with Crippen molar-refractivity contribution in [2.24, 2.45) is 0 Å². The molecule has 1 aliphatic heterocycles. The third-order valence-electron chi connectivity index (χ3n) is 4.59. The van der Waals surface area contributed by atoms with Crippen LogP contribution in [-0.2, 0) is 19.6 Å². The second-order valence-electron chi connectivity index (χ2n) is 6.65. The van der Waals surface area contributed by atoms with Crippen LogP contribution in [0.3, 0.4) is 0 Å². The number of nitrogens with one attached hydrogen (secondary N) is 1. The lowest BCUT2D eigenvalue weighted by Crippen LogP contribution is -2.29. The fraction of sp³-hybridized carbons (Fsp3) is 0.368. The molecule has 2 aromatic rings. The first-order chi connectivity index (χ1) is 14.2. The van der Waals surface area contributed by atoms with E-state index in [0.717, 1.165) is 29.7 Å². The topological polar surface area (TPSA) is 102 Å². The van der Waals surface area contributed by atoms with Gasteiger partial charge in [-0.2, -0.15) is 4.31 Å². The number of aryl methyl sites for hydroxylation is 1. The van der Waals surface area contributed by atoms with Crippen LogP contribution in [0.15, 0.2) is 28.5 Å². The van der Waals surface area contributed by atoms with E-state index >= 15 is 0 Å². The number of sulfonamides is 1. The molecule has 0 aliphatic carbocycles. The highest BCUT2D eigenvalue weighted by Crippen LogP contribution is 2.31. The summed E-state index contributed by atoms with van der Waals surface area (Å²) in [6.07, 6.45) is 1.58. The molecular formula is C19H21ClN2O6S2. The Morgan fingerprint density at radius 3 is 2.63 bits per heavy atom. The largest absolute Gasteiger partial charge is 0.495 e. The van der Waals surface area contributed by atoms with Gasteiger partial charge in [-0.25, -0.2) is 13.2 Å². The van der Waals surface area contributed by atoms with Crippen LogP contribution in [0.4, 0.5) is 5.69 Å². The van der Waals surface area contributed by atoms with Crippen molar-refractivity contribution in [1.82, 2.24) is 4.31 Å². The van der Waals surface area contributed by atoms with Crippen molar-refractivity contribution in [3.05, 3.63) is 39.0 Å². The lowest BCUT2D eigenvalue weighted by Gasteiger charge is -2.15. The van der Waals surface area contributed by atoms with Crippen molar-refractivity contribution < 1.29 is 27.5 Å². The molecule has 3 rings (SSSR count). The number of halogens is 1. The Labute approximate surface area is 183 Å². The number of carbonyl (C=O) groups excluding carboxylic acids is 2. The van der Waals surface area contributed by atoms with Gasteiger partial charge in [0, 0.05) is 24.2 Å². The highest BCUT2D eigenvalue weighted by molar-refractivity contribution is 7.89. The van der Waals surface area contributed by atoms with Gasteiger partial charge in [0.15, 0.2) is 6.61 Å². The highest BCUT2D eigenvalue weighted by Gasteiger charge is 2.32. The number of nitrogens with zero attached hydrogens (tertiary/aromatic N) is 1. The zero-order valence-electron chi connectivity index (χ0n) is 16.4. The van der Waals surface area contributed by atoms with E-state index in [4.69, 9.17) is 21.1 Å². The first kappa shape index (κ1) is 22.5. The molecule has 0 spiro atoms. The molecule has 162 valence electrons. The maximum Gasteiger partial charge on any atom is 0.350 e. The number of esters is 1. The summed E-state index contributed by atoms with van der Waals surface area (Å²) >= 11 is 7.01. The number of hydrogen-bond acceptors (Lipinski definition) is 7. The summed E-state index contributed by atoms with van der Waals surface area (Å²) in [7, 11) is -2.32. The monoisotopic (exact) mass is 472 g/mol. The Morgan fingerprint density at radius 2 is 1.97 bits per heavy atom. The predicted molar refractivity (Wildman–Crippen MR) is 114 cm³/mol. The SMILES string of the molecule is COc1cc(Cl)c(C)cc1NC(=O)COC(=O)c1sccc1S(=O)(=O)N1CCCC1. The predicted octanol–water partition coefficient (Wildman–Crippen LogP) is 3.30. The van der Waals surface area contributed by atoms with Gasteiger partial charge in [-0.1, -0.05) is 11.6 Å². The summed E-state index contributed by atoms with van der Waals surface area (Å²) in [4.78, 5) is 24.6. The van der Waals surface area contributed by atoms with Crippen LogP contribution >= 0.6 is 22.9 Å². The van der Waals surface area contributed by atoms with E-state index in [1.807, 2.05) is 0 Å². The summed E-state index contributed by atoms with van der Waals surface area (Å²) in [5.41, 5.74) is 1.12. The van der Waals surface area contributed by atoms with Crippen molar-refractivity contribution in [2.45, 2.75) is 24.7 Å². The first-order valence-electron chi connectivity index (χ1n) is 9.12. The van der Waals surface area contributed by atoms with Crippen LogP contribution in [0.1, 0.15) is 28.1 Å². The zero-order chi connectivity index (χ0) is 21.9. The van der Waals surface area contributed by atoms with Crippen molar-refractivity contribution in [3.63, 3.8) is 0 Å². The minimum Gasteiger partial charge on any atom is -0.495 e. The highest BCUT2D eigenvalue weighted by atomic mass is 35.5. The molecule has 0 unspecified atom stereocenters. The van der Waals surface area contributed by atoms with Gasteiger partial charge < -0.3 is 14.8 Å². The molecule has 0 saturated carbocycles. The van der Waals surface area contributed by atoms with Crippen LogP contribution < -0.4 is 10.1 Å². The third kappa shape index (κ3) is 4.77. The Hall–Kier alpha value is -2.14. The number of benzene rings is 1. The molecule has 1 aromatic heterocycles. The summed E-state index contributed by atoms with van der Waals surface area (Å²) in [6, 6.07) is 4.59. The van der Waals surface area contributed by atoms with Crippen LogP contribution in [0.25, 0.3) is 0 Å². The Kier molecular flexibility index (Phi) is 7.02. The second kappa shape index (κ2) is 9.34. The quantitative estimate of drug-likeness (QED) is 0.620. The van der Waals surface area contributed by atoms with Gasteiger partial charge in [0.1, 0.15) is 15.5 Å². The van der Waals surface area contributed by atoms with E-state index in [1.165, 1.54) is 22.9 Å². The molecule has 30 heavy (non-hydrogen) atoms. The van der Waals surface area contributed by atoms with Crippen molar-refractivity contribution in [2.75, 3.05) is 32.1 Å². The minimum absolute atomic E-state index is 0.0467. The molecular weight excluding hydrogens is 452 g/mol. The summed E-state index contributed by atoms with van der Waals surface area (Å²) < 4.78 is 37.1. The van der Waals surface area contributed by atoms with Gasteiger partial charge in [-0.3, -0.25) is 4.79 Å². The van der Waals surface area contributed by atoms with Crippen molar-refractivity contribution in [1.29, 1.82) is 0 Å². The Balaban J connectivity index is 1.67. The van der Waals surface area contributed by atoms with E-state index in [2.05, 4.69) is 5.32 Å². The molecule has 0 bridgehead atoms. The van der Waals surface area contributed by atoms with Crippen LogP contribution in [0.2, 0.25) is 5.02 Å². The number of anilines is 1. The number of hydrogen-bond donors (Lipinski definition) is 1.